The molecule has 3 heteroatoms. The molecule has 0 saturated carbocycles. The van der Waals surface area contributed by atoms with Crippen LogP contribution in [-0.2, 0) is 6.42 Å². The number of aryl methyl sites for hydroxylation is 1. The van der Waals surface area contributed by atoms with Crippen LogP contribution in [0.5, 0.6) is 5.75 Å². The SMILES string of the molecule is CCCCOc1ccc(-c2cccc(F)c2)c(-c2ccc(CCC)cc2)c1F. The molecule has 0 fully saturated rings. The van der Waals surface area contributed by atoms with Crippen molar-refractivity contribution in [3.63, 3.8) is 0 Å². The van der Waals surface area contributed by atoms with E-state index in [-0.39, 0.29) is 11.6 Å². The van der Waals surface area contributed by atoms with Gasteiger partial charge in [-0.15, -0.1) is 0 Å². The summed E-state index contributed by atoms with van der Waals surface area (Å²) in [6.07, 6.45) is 3.89. The summed E-state index contributed by atoms with van der Waals surface area (Å²) in [6, 6.07) is 17.6. The molecule has 0 bridgehead atoms. The largest absolute Gasteiger partial charge is 0.490 e. The van der Waals surface area contributed by atoms with Gasteiger partial charge in [0.05, 0.1) is 6.61 Å². The molecule has 0 aliphatic carbocycles. The average molecular weight is 380 g/mol. The molecule has 0 N–H and O–H groups in total. The summed E-state index contributed by atoms with van der Waals surface area (Å²) >= 11 is 0. The van der Waals surface area contributed by atoms with E-state index in [1.807, 2.05) is 30.3 Å². The van der Waals surface area contributed by atoms with Crippen LogP contribution in [0.3, 0.4) is 0 Å². The highest BCUT2D eigenvalue weighted by atomic mass is 19.1. The summed E-state index contributed by atoms with van der Waals surface area (Å²) < 4.78 is 34.9. The Labute approximate surface area is 166 Å². The molecule has 0 unspecified atom stereocenters. The lowest BCUT2D eigenvalue weighted by Gasteiger charge is -2.16. The minimum Gasteiger partial charge on any atom is -0.490 e. The van der Waals surface area contributed by atoms with Gasteiger partial charge in [-0.2, -0.15) is 0 Å². The summed E-state index contributed by atoms with van der Waals surface area (Å²) in [4.78, 5) is 0. The molecule has 0 aliphatic heterocycles. The van der Waals surface area contributed by atoms with E-state index >= 15 is 4.39 Å². The number of halogens is 2. The van der Waals surface area contributed by atoms with Crippen LogP contribution >= 0.6 is 0 Å². The Morgan fingerprint density at radius 3 is 2.29 bits per heavy atom. The molecule has 3 aromatic rings. The minimum absolute atomic E-state index is 0.237. The van der Waals surface area contributed by atoms with Gasteiger partial charge in [-0.3, -0.25) is 0 Å². The second-order valence-corrected chi connectivity index (χ2v) is 6.96. The Balaban J connectivity index is 2.10. The lowest BCUT2D eigenvalue weighted by atomic mass is 9.92. The predicted octanol–water partition coefficient (Wildman–Crippen LogP) is 7.43. The molecule has 0 heterocycles. The van der Waals surface area contributed by atoms with Gasteiger partial charge >= 0.3 is 0 Å². The molecule has 1 nitrogen and oxygen atoms in total. The summed E-state index contributed by atoms with van der Waals surface area (Å²) in [6.45, 7) is 4.67. The number of hydrogen-bond donors (Lipinski definition) is 0. The number of rotatable bonds is 8. The highest BCUT2D eigenvalue weighted by Gasteiger charge is 2.18. The van der Waals surface area contributed by atoms with Crippen molar-refractivity contribution in [2.45, 2.75) is 39.5 Å². The first-order valence-electron chi connectivity index (χ1n) is 9.94. The highest BCUT2D eigenvalue weighted by molar-refractivity contribution is 5.85. The fraction of sp³-hybridized carbons (Fsp3) is 0.280. The van der Waals surface area contributed by atoms with Gasteiger partial charge in [-0.05, 0) is 59.4 Å². The Hall–Kier alpha value is -2.68. The van der Waals surface area contributed by atoms with Crippen LogP contribution in [0.4, 0.5) is 8.78 Å². The Morgan fingerprint density at radius 1 is 0.821 bits per heavy atom. The van der Waals surface area contributed by atoms with Crippen LogP contribution in [0.25, 0.3) is 22.3 Å². The van der Waals surface area contributed by atoms with Crippen molar-refractivity contribution in [2.24, 2.45) is 0 Å². The topological polar surface area (TPSA) is 9.23 Å². The molecule has 28 heavy (non-hydrogen) atoms. The molecule has 0 aliphatic rings. The molecule has 3 rings (SSSR count). The van der Waals surface area contributed by atoms with Gasteiger partial charge in [-0.25, -0.2) is 8.78 Å². The predicted molar refractivity (Wildman–Crippen MR) is 112 cm³/mol. The van der Waals surface area contributed by atoms with Crippen LogP contribution in [0.1, 0.15) is 38.7 Å². The maximum Gasteiger partial charge on any atom is 0.173 e. The van der Waals surface area contributed by atoms with E-state index in [4.69, 9.17) is 4.74 Å². The molecule has 0 amide bonds. The molecule has 0 saturated heterocycles. The van der Waals surface area contributed by atoms with Gasteiger partial charge in [0.15, 0.2) is 11.6 Å². The lowest BCUT2D eigenvalue weighted by Crippen LogP contribution is -2.01. The van der Waals surface area contributed by atoms with Gasteiger partial charge < -0.3 is 4.74 Å². The van der Waals surface area contributed by atoms with Gasteiger partial charge in [0.25, 0.3) is 0 Å². The second kappa shape index (κ2) is 9.50. The van der Waals surface area contributed by atoms with Crippen molar-refractivity contribution in [2.75, 3.05) is 6.61 Å². The maximum absolute atomic E-state index is 15.5. The zero-order valence-corrected chi connectivity index (χ0v) is 16.5. The van der Waals surface area contributed by atoms with Gasteiger partial charge in [-0.1, -0.05) is 63.1 Å². The van der Waals surface area contributed by atoms with E-state index < -0.39 is 5.82 Å². The van der Waals surface area contributed by atoms with Gasteiger partial charge in [0.1, 0.15) is 5.82 Å². The maximum atomic E-state index is 15.5. The van der Waals surface area contributed by atoms with Crippen molar-refractivity contribution >= 4 is 0 Å². The van der Waals surface area contributed by atoms with Crippen molar-refractivity contribution in [3.8, 4) is 28.0 Å². The van der Waals surface area contributed by atoms with Gasteiger partial charge in [0, 0.05) is 5.56 Å². The zero-order valence-electron chi connectivity index (χ0n) is 16.5. The summed E-state index contributed by atoms with van der Waals surface area (Å²) in [5.41, 5.74) is 3.73. The average Bonchev–Trinajstić information content (AvgIpc) is 2.70. The normalized spacial score (nSPS) is 10.9. The first-order chi connectivity index (χ1) is 13.6. The third-order valence-electron chi connectivity index (χ3n) is 4.78. The summed E-state index contributed by atoms with van der Waals surface area (Å²) in [5.74, 6) is -0.507. The van der Waals surface area contributed by atoms with E-state index in [0.717, 1.165) is 31.2 Å². The van der Waals surface area contributed by atoms with E-state index in [9.17, 15) is 4.39 Å². The van der Waals surface area contributed by atoms with E-state index in [0.29, 0.717) is 23.3 Å². The van der Waals surface area contributed by atoms with Crippen molar-refractivity contribution in [1.82, 2.24) is 0 Å². The molecule has 146 valence electrons. The summed E-state index contributed by atoms with van der Waals surface area (Å²) in [5, 5.41) is 0. The van der Waals surface area contributed by atoms with Crippen LogP contribution in [0, 0.1) is 11.6 Å². The first-order valence-corrected chi connectivity index (χ1v) is 9.94. The molecule has 3 aromatic carbocycles. The van der Waals surface area contributed by atoms with E-state index in [1.54, 1.807) is 18.2 Å². The molecular formula is C25H26F2O. The van der Waals surface area contributed by atoms with Crippen LogP contribution in [0.15, 0.2) is 60.7 Å². The minimum atomic E-state index is -0.402. The highest BCUT2D eigenvalue weighted by Crippen LogP contribution is 2.38. The Bertz CT molecular complexity index is 916. The van der Waals surface area contributed by atoms with Gasteiger partial charge in [0.2, 0.25) is 0 Å². The van der Waals surface area contributed by atoms with Crippen LogP contribution in [-0.4, -0.2) is 6.61 Å². The molecule has 0 atom stereocenters. The summed E-state index contributed by atoms with van der Waals surface area (Å²) in [7, 11) is 0. The van der Waals surface area contributed by atoms with Crippen molar-refractivity contribution in [1.29, 1.82) is 0 Å². The zero-order chi connectivity index (χ0) is 19.9. The quantitative estimate of drug-likeness (QED) is 0.369. The number of hydrogen-bond acceptors (Lipinski definition) is 1. The number of ether oxygens (including phenoxy) is 1. The van der Waals surface area contributed by atoms with Crippen LogP contribution in [0.2, 0.25) is 0 Å². The molecule has 0 aromatic heterocycles. The Kier molecular flexibility index (Phi) is 6.80. The molecule has 0 radical (unpaired) electrons. The first kappa shape index (κ1) is 20.1. The second-order valence-electron chi connectivity index (χ2n) is 6.96. The van der Waals surface area contributed by atoms with Crippen LogP contribution < -0.4 is 4.74 Å². The fourth-order valence-corrected chi connectivity index (χ4v) is 3.30. The molecule has 0 spiro atoms. The smallest absolute Gasteiger partial charge is 0.173 e. The molecular weight excluding hydrogens is 354 g/mol. The lowest BCUT2D eigenvalue weighted by molar-refractivity contribution is 0.295. The third-order valence-corrected chi connectivity index (χ3v) is 4.78. The number of unbranched alkanes of at least 4 members (excludes halogenated alkanes) is 1. The standard InChI is InChI=1S/C25H26F2O/c1-3-5-16-28-23-15-14-22(20-8-6-9-21(26)17-20)24(25(23)27)19-12-10-18(7-4-2)11-13-19/h6,8-15,17H,3-5,7,16H2,1-2H3. The fourth-order valence-electron chi connectivity index (χ4n) is 3.30. The third kappa shape index (κ3) is 4.59. The Morgan fingerprint density at radius 2 is 1.61 bits per heavy atom. The van der Waals surface area contributed by atoms with E-state index in [2.05, 4.69) is 13.8 Å². The van der Waals surface area contributed by atoms with E-state index in [1.165, 1.54) is 17.7 Å². The van der Waals surface area contributed by atoms with Crippen molar-refractivity contribution in [3.05, 3.63) is 77.9 Å². The monoisotopic (exact) mass is 380 g/mol. The van der Waals surface area contributed by atoms with Crippen molar-refractivity contribution < 1.29 is 13.5 Å². The number of benzene rings is 3.